The highest BCUT2D eigenvalue weighted by molar-refractivity contribution is 7.11. The Morgan fingerprint density at radius 1 is 1.44 bits per heavy atom. The van der Waals surface area contributed by atoms with Crippen LogP contribution in [0.2, 0.25) is 0 Å². The SMILES string of the molecule is CCC1OCCC1c1nnc(CCNC(C)C)s1. The van der Waals surface area contributed by atoms with Gasteiger partial charge in [0.05, 0.1) is 6.10 Å². The van der Waals surface area contributed by atoms with Gasteiger partial charge in [-0.3, -0.25) is 0 Å². The minimum Gasteiger partial charge on any atom is -0.377 e. The predicted octanol–water partition coefficient (Wildman–Crippen LogP) is 2.36. The molecule has 0 spiro atoms. The molecule has 1 saturated heterocycles. The third-order valence-electron chi connectivity index (χ3n) is 3.30. The summed E-state index contributed by atoms with van der Waals surface area (Å²) in [5.74, 6) is 0.472. The second-order valence-corrected chi connectivity index (χ2v) is 6.20. The zero-order valence-corrected chi connectivity index (χ0v) is 12.3. The van der Waals surface area contributed by atoms with Gasteiger partial charge in [0.25, 0.3) is 0 Å². The van der Waals surface area contributed by atoms with Crippen LogP contribution in [0.3, 0.4) is 0 Å². The van der Waals surface area contributed by atoms with E-state index in [1.807, 2.05) is 0 Å². The fraction of sp³-hybridized carbons (Fsp3) is 0.846. The molecule has 2 unspecified atom stereocenters. The van der Waals surface area contributed by atoms with Crippen molar-refractivity contribution >= 4 is 11.3 Å². The monoisotopic (exact) mass is 269 g/mol. The van der Waals surface area contributed by atoms with E-state index < -0.39 is 0 Å². The third kappa shape index (κ3) is 3.49. The molecule has 2 heterocycles. The van der Waals surface area contributed by atoms with Gasteiger partial charge in [-0.1, -0.05) is 20.8 Å². The van der Waals surface area contributed by atoms with Crippen LogP contribution in [-0.2, 0) is 11.2 Å². The lowest BCUT2D eigenvalue weighted by atomic mass is 10.0. The van der Waals surface area contributed by atoms with Gasteiger partial charge < -0.3 is 10.1 Å². The quantitative estimate of drug-likeness (QED) is 0.861. The largest absolute Gasteiger partial charge is 0.377 e. The fourth-order valence-electron chi connectivity index (χ4n) is 2.32. The van der Waals surface area contributed by atoms with E-state index in [-0.39, 0.29) is 0 Å². The summed E-state index contributed by atoms with van der Waals surface area (Å²) in [6.45, 7) is 8.34. The smallest absolute Gasteiger partial charge is 0.123 e. The molecular formula is C13H23N3OS. The maximum Gasteiger partial charge on any atom is 0.123 e. The van der Waals surface area contributed by atoms with Crippen molar-refractivity contribution in [3.05, 3.63) is 10.0 Å². The highest BCUT2D eigenvalue weighted by atomic mass is 32.1. The molecular weight excluding hydrogens is 246 g/mol. The fourth-order valence-corrected chi connectivity index (χ4v) is 3.35. The Balaban J connectivity index is 1.89. The molecule has 1 aliphatic rings. The average Bonchev–Trinajstić information content (AvgIpc) is 2.95. The van der Waals surface area contributed by atoms with Crippen LogP contribution in [0.5, 0.6) is 0 Å². The molecule has 0 bridgehead atoms. The van der Waals surface area contributed by atoms with Crippen LogP contribution in [0.4, 0.5) is 0 Å². The molecule has 0 amide bonds. The van der Waals surface area contributed by atoms with Crippen molar-refractivity contribution < 1.29 is 4.74 Å². The molecule has 1 N–H and O–H groups in total. The molecule has 1 fully saturated rings. The first kappa shape index (κ1) is 13.9. The lowest BCUT2D eigenvalue weighted by Gasteiger charge is -2.12. The zero-order valence-electron chi connectivity index (χ0n) is 11.5. The molecule has 2 rings (SSSR count). The van der Waals surface area contributed by atoms with Gasteiger partial charge in [0.2, 0.25) is 0 Å². The topological polar surface area (TPSA) is 47.0 Å². The first-order valence-corrected chi connectivity index (χ1v) is 7.69. The molecule has 4 nitrogen and oxygen atoms in total. The Morgan fingerprint density at radius 3 is 3.00 bits per heavy atom. The molecule has 18 heavy (non-hydrogen) atoms. The Hall–Kier alpha value is -0.520. The number of ether oxygens (including phenoxy) is 1. The molecule has 2 atom stereocenters. The number of nitrogens with one attached hydrogen (secondary N) is 1. The van der Waals surface area contributed by atoms with Gasteiger partial charge in [-0.15, -0.1) is 21.5 Å². The molecule has 0 radical (unpaired) electrons. The summed E-state index contributed by atoms with van der Waals surface area (Å²) in [5, 5.41) is 14.4. The molecule has 5 heteroatoms. The Labute approximate surface area is 113 Å². The van der Waals surface area contributed by atoms with Crippen LogP contribution in [0.15, 0.2) is 0 Å². The lowest BCUT2D eigenvalue weighted by Crippen LogP contribution is -2.24. The van der Waals surface area contributed by atoms with Crippen LogP contribution in [-0.4, -0.2) is 35.5 Å². The first-order valence-electron chi connectivity index (χ1n) is 6.88. The van der Waals surface area contributed by atoms with E-state index in [1.54, 1.807) is 11.3 Å². The van der Waals surface area contributed by atoms with Gasteiger partial charge in [0.1, 0.15) is 10.0 Å². The van der Waals surface area contributed by atoms with Crippen molar-refractivity contribution in [3.63, 3.8) is 0 Å². The van der Waals surface area contributed by atoms with E-state index in [1.165, 1.54) is 5.01 Å². The van der Waals surface area contributed by atoms with Gasteiger partial charge >= 0.3 is 0 Å². The van der Waals surface area contributed by atoms with Crippen LogP contribution >= 0.6 is 11.3 Å². The van der Waals surface area contributed by atoms with Gasteiger partial charge in [0, 0.05) is 31.5 Å². The summed E-state index contributed by atoms with van der Waals surface area (Å²) >= 11 is 1.76. The minimum atomic E-state index is 0.347. The average molecular weight is 269 g/mol. The van der Waals surface area contributed by atoms with Crippen LogP contribution in [0.1, 0.15) is 49.5 Å². The van der Waals surface area contributed by atoms with E-state index in [0.29, 0.717) is 18.1 Å². The summed E-state index contributed by atoms with van der Waals surface area (Å²) in [6, 6.07) is 0.532. The van der Waals surface area contributed by atoms with Crippen molar-refractivity contribution in [2.45, 2.75) is 58.1 Å². The molecule has 102 valence electrons. The number of hydrogen-bond donors (Lipinski definition) is 1. The molecule has 1 aromatic rings. The standard InChI is InChI=1S/C13H23N3OS/c1-4-11-10(6-8-17-11)13-16-15-12(18-13)5-7-14-9(2)3/h9-11,14H,4-8H2,1-3H3. The molecule has 0 aliphatic carbocycles. The van der Waals surface area contributed by atoms with Crippen molar-refractivity contribution in [3.8, 4) is 0 Å². The van der Waals surface area contributed by atoms with Crippen LogP contribution in [0.25, 0.3) is 0 Å². The van der Waals surface area contributed by atoms with Crippen molar-refractivity contribution in [2.24, 2.45) is 0 Å². The lowest BCUT2D eigenvalue weighted by molar-refractivity contribution is 0.100. The summed E-state index contributed by atoms with van der Waals surface area (Å²) in [7, 11) is 0. The Kier molecular flexibility index (Phi) is 5.09. The van der Waals surface area contributed by atoms with E-state index in [0.717, 1.165) is 37.4 Å². The van der Waals surface area contributed by atoms with Gasteiger partial charge in [-0.2, -0.15) is 0 Å². The minimum absolute atomic E-state index is 0.347. The first-order chi connectivity index (χ1) is 8.70. The molecule has 1 aliphatic heterocycles. The highest BCUT2D eigenvalue weighted by Gasteiger charge is 2.30. The van der Waals surface area contributed by atoms with Crippen LogP contribution in [0, 0.1) is 0 Å². The van der Waals surface area contributed by atoms with Crippen molar-refractivity contribution in [1.82, 2.24) is 15.5 Å². The van der Waals surface area contributed by atoms with E-state index in [2.05, 4.69) is 36.3 Å². The number of hydrogen-bond acceptors (Lipinski definition) is 5. The summed E-state index contributed by atoms with van der Waals surface area (Å²) in [5.41, 5.74) is 0. The highest BCUT2D eigenvalue weighted by Crippen LogP contribution is 2.34. The van der Waals surface area contributed by atoms with Gasteiger partial charge in [-0.05, 0) is 12.8 Å². The van der Waals surface area contributed by atoms with E-state index >= 15 is 0 Å². The third-order valence-corrected chi connectivity index (χ3v) is 4.42. The Morgan fingerprint density at radius 2 is 2.28 bits per heavy atom. The van der Waals surface area contributed by atoms with Crippen molar-refractivity contribution in [1.29, 1.82) is 0 Å². The molecule has 1 aromatic heterocycles. The summed E-state index contributed by atoms with van der Waals surface area (Å²) in [4.78, 5) is 0. The van der Waals surface area contributed by atoms with Crippen LogP contribution < -0.4 is 5.32 Å². The van der Waals surface area contributed by atoms with Gasteiger partial charge in [0.15, 0.2) is 0 Å². The summed E-state index contributed by atoms with van der Waals surface area (Å²) in [6.07, 6.45) is 3.48. The molecule has 0 saturated carbocycles. The van der Waals surface area contributed by atoms with E-state index in [9.17, 15) is 0 Å². The number of nitrogens with zero attached hydrogens (tertiary/aromatic N) is 2. The maximum absolute atomic E-state index is 5.72. The number of rotatable bonds is 6. The Bertz CT molecular complexity index is 367. The zero-order chi connectivity index (χ0) is 13.0. The van der Waals surface area contributed by atoms with Crippen molar-refractivity contribution in [2.75, 3.05) is 13.2 Å². The second kappa shape index (κ2) is 6.59. The van der Waals surface area contributed by atoms with Gasteiger partial charge in [-0.25, -0.2) is 0 Å². The normalized spacial score (nSPS) is 24.0. The van der Waals surface area contributed by atoms with E-state index in [4.69, 9.17) is 4.74 Å². The predicted molar refractivity (Wildman–Crippen MR) is 74.1 cm³/mol. The summed E-state index contributed by atoms with van der Waals surface area (Å²) < 4.78 is 5.72. The maximum atomic E-state index is 5.72. The number of aromatic nitrogens is 2. The second-order valence-electron chi connectivity index (χ2n) is 5.11. The molecule has 0 aromatic carbocycles.